The van der Waals surface area contributed by atoms with E-state index in [1.165, 1.54) is 4.68 Å². The third kappa shape index (κ3) is 2.64. The van der Waals surface area contributed by atoms with Gasteiger partial charge in [-0.05, 0) is 29.5 Å². The van der Waals surface area contributed by atoms with Crippen molar-refractivity contribution in [2.45, 2.75) is 36.3 Å². The van der Waals surface area contributed by atoms with Gasteiger partial charge in [-0.25, -0.2) is 8.42 Å². The molecule has 4 rings (SSSR count). The zero-order valence-electron chi connectivity index (χ0n) is 12.5. The molecule has 0 N–H and O–H groups in total. The topological polar surface area (TPSA) is 99.5 Å². The summed E-state index contributed by atoms with van der Waals surface area (Å²) in [4.78, 5) is 0. The van der Waals surface area contributed by atoms with Crippen molar-refractivity contribution >= 4 is 9.84 Å². The highest BCUT2D eigenvalue weighted by Gasteiger charge is 2.57. The van der Waals surface area contributed by atoms with Gasteiger partial charge in [0.1, 0.15) is 6.10 Å². The first kappa shape index (κ1) is 14.7. The van der Waals surface area contributed by atoms with Gasteiger partial charge in [0.25, 0.3) is 5.16 Å². The molecule has 0 bridgehead atoms. The SMILES string of the molecule is CC12C[C@@H](CS(=O)(=O)c3nnnn3-c3ccccc3)OCC1O2. The van der Waals surface area contributed by atoms with Gasteiger partial charge in [-0.2, -0.15) is 4.68 Å². The molecule has 0 radical (unpaired) electrons. The van der Waals surface area contributed by atoms with Gasteiger partial charge in [-0.15, -0.1) is 0 Å². The summed E-state index contributed by atoms with van der Waals surface area (Å²) in [5, 5.41) is 10.8. The largest absolute Gasteiger partial charge is 0.374 e. The minimum Gasteiger partial charge on any atom is -0.374 e. The molecule has 2 aliphatic heterocycles. The Morgan fingerprint density at radius 3 is 2.87 bits per heavy atom. The Morgan fingerprint density at radius 2 is 2.13 bits per heavy atom. The first-order valence-corrected chi connectivity index (χ1v) is 8.99. The number of hydrogen-bond donors (Lipinski definition) is 0. The fourth-order valence-corrected chi connectivity index (χ4v) is 4.36. The lowest BCUT2D eigenvalue weighted by molar-refractivity contribution is 0.0338. The standard InChI is InChI=1S/C14H16N4O4S/c1-14-7-11(21-8-12(14)22-14)9-23(19,20)13-15-16-17-18(13)10-5-3-2-4-6-10/h2-6,11-12H,7-9H2,1H3/t11-,12?,14?/m0/s1. The zero-order valence-corrected chi connectivity index (χ0v) is 13.3. The summed E-state index contributed by atoms with van der Waals surface area (Å²) in [6.45, 7) is 2.41. The Labute approximate surface area is 133 Å². The minimum absolute atomic E-state index is 0.0936. The van der Waals surface area contributed by atoms with Crippen LogP contribution in [0.1, 0.15) is 13.3 Å². The maximum absolute atomic E-state index is 12.7. The Balaban J connectivity index is 1.59. The Kier molecular flexibility index (Phi) is 3.26. The molecular formula is C14H16N4O4S. The summed E-state index contributed by atoms with van der Waals surface area (Å²) in [6, 6.07) is 8.92. The molecule has 2 saturated heterocycles. The van der Waals surface area contributed by atoms with Gasteiger partial charge in [-0.3, -0.25) is 0 Å². The van der Waals surface area contributed by atoms with Gasteiger partial charge in [0.2, 0.25) is 9.84 Å². The normalized spacial score (nSPS) is 30.0. The molecule has 3 atom stereocenters. The van der Waals surface area contributed by atoms with E-state index in [2.05, 4.69) is 15.5 Å². The van der Waals surface area contributed by atoms with Crippen molar-refractivity contribution in [3.8, 4) is 5.69 Å². The van der Waals surface area contributed by atoms with Crippen LogP contribution < -0.4 is 0 Å². The second-order valence-corrected chi connectivity index (χ2v) is 8.00. The highest BCUT2D eigenvalue weighted by atomic mass is 32.2. The fourth-order valence-electron chi connectivity index (χ4n) is 2.95. The molecule has 3 heterocycles. The van der Waals surface area contributed by atoms with Gasteiger partial charge >= 0.3 is 0 Å². The summed E-state index contributed by atoms with van der Waals surface area (Å²) in [7, 11) is -3.68. The Morgan fingerprint density at radius 1 is 1.35 bits per heavy atom. The van der Waals surface area contributed by atoms with Crippen LogP contribution in [0.15, 0.2) is 35.5 Å². The van der Waals surface area contributed by atoms with Crippen LogP contribution in [0, 0.1) is 0 Å². The molecular weight excluding hydrogens is 320 g/mol. The molecule has 1 aromatic carbocycles. The highest BCUT2D eigenvalue weighted by molar-refractivity contribution is 7.91. The number of tetrazole rings is 1. The lowest BCUT2D eigenvalue weighted by atomic mass is 9.98. The molecule has 23 heavy (non-hydrogen) atoms. The maximum Gasteiger partial charge on any atom is 0.272 e. The second kappa shape index (κ2) is 5.08. The average molecular weight is 336 g/mol. The molecule has 0 amide bonds. The molecule has 0 aliphatic carbocycles. The van der Waals surface area contributed by atoms with Crippen molar-refractivity contribution in [3.63, 3.8) is 0 Å². The molecule has 2 unspecified atom stereocenters. The number of rotatable bonds is 4. The van der Waals surface area contributed by atoms with Crippen LogP contribution in [0.4, 0.5) is 0 Å². The number of sulfone groups is 1. The third-order valence-corrected chi connectivity index (χ3v) is 5.90. The van der Waals surface area contributed by atoms with Crippen LogP contribution in [0.25, 0.3) is 5.69 Å². The van der Waals surface area contributed by atoms with Crippen LogP contribution in [0.5, 0.6) is 0 Å². The van der Waals surface area contributed by atoms with E-state index in [1.54, 1.807) is 24.3 Å². The zero-order chi connectivity index (χ0) is 16.1. The molecule has 2 aromatic rings. The number of aromatic nitrogens is 4. The molecule has 9 heteroatoms. The molecule has 2 fully saturated rings. The van der Waals surface area contributed by atoms with Gasteiger partial charge in [-0.1, -0.05) is 23.3 Å². The van der Waals surface area contributed by atoms with Crippen molar-refractivity contribution in [3.05, 3.63) is 30.3 Å². The number of epoxide rings is 1. The van der Waals surface area contributed by atoms with E-state index < -0.39 is 15.9 Å². The summed E-state index contributed by atoms with van der Waals surface area (Å²) in [5.41, 5.74) is 0.349. The first-order chi connectivity index (χ1) is 11.0. The number of ether oxygens (including phenoxy) is 2. The third-order valence-electron chi connectivity index (χ3n) is 4.28. The number of benzene rings is 1. The Hall–Kier alpha value is -1.84. The van der Waals surface area contributed by atoms with Crippen molar-refractivity contribution in [2.24, 2.45) is 0 Å². The molecule has 1 aromatic heterocycles. The summed E-state index contributed by atoms with van der Waals surface area (Å²) in [5.74, 6) is -0.161. The summed E-state index contributed by atoms with van der Waals surface area (Å²) in [6.07, 6.45) is 0.241. The van der Waals surface area contributed by atoms with E-state index in [9.17, 15) is 8.42 Å². The lowest BCUT2D eigenvalue weighted by Gasteiger charge is -2.23. The van der Waals surface area contributed by atoms with E-state index in [0.29, 0.717) is 18.7 Å². The maximum atomic E-state index is 12.7. The fraction of sp³-hybridized carbons (Fsp3) is 0.500. The molecule has 0 spiro atoms. The quantitative estimate of drug-likeness (QED) is 0.744. The highest BCUT2D eigenvalue weighted by Crippen LogP contribution is 2.44. The number of fused-ring (bicyclic) bond motifs is 1. The molecule has 0 saturated carbocycles. The van der Waals surface area contributed by atoms with Crippen molar-refractivity contribution in [1.82, 2.24) is 20.2 Å². The molecule has 2 aliphatic rings. The van der Waals surface area contributed by atoms with Crippen LogP contribution >= 0.6 is 0 Å². The van der Waals surface area contributed by atoms with E-state index in [4.69, 9.17) is 9.47 Å². The van der Waals surface area contributed by atoms with E-state index >= 15 is 0 Å². The molecule has 122 valence electrons. The smallest absolute Gasteiger partial charge is 0.272 e. The summed E-state index contributed by atoms with van der Waals surface area (Å²) >= 11 is 0. The van der Waals surface area contributed by atoms with Gasteiger partial charge in [0.15, 0.2) is 0 Å². The van der Waals surface area contributed by atoms with Crippen molar-refractivity contribution in [2.75, 3.05) is 12.4 Å². The first-order valence-electron chi connectivity index (χ1n) is 7.34. The second-order valence-electron chi connectivity index (χ2n) is 6.07. The van der Waals surface area contributed by atoms with Gasteiger partial charge < -0.3 is 9.47 Å². The predicted octanol–water partition coefficient (Wildman–Crippen LogP) is 0.382. The molecule has 8 nitrogen and oxygen atoms in total. The van der Waals surface area contributed by atoms with Gasteiger partial charge in [0.05, 0.1) is 29.8 Å². The van der Waals surface area contributed by atoms with E-state index in [0.717, 1.165) is 0 Å². The van der Waals surface area contributed by atoms with Gasteiger partial charge in [0, 0.05) is 6.42 Å². The number of para-hydroxylation sites is 1. The summed E-state index contributed by atoms with van der Waals surface area (Å²) < 4.78 is 37.7. The van der Waals surface area contributed by atoms with Crippen LogP contribution in [-0.2, 0) is 19.3 Å². The number of nitrogens with zero attached hydrogens (tertiary/aromatic N) is 4. The Bertz CT molecular complexity index is 822. The van der Waals surface area contributed by atoms with E-state index in [-0.39, 0.29) is 22.6 Å². The monoisotopic (exact) mass is 336 g/mol. The van der Waals surface area contributed by atoms with Crippen LogP contribution in [0.3, 0.4) is 0 Å². The minimum atomic E-state index is -3.68. The van der Waals surface area contributed by atoms with Crippen LogP contribution in [-0.4, -0.2) is 58.8 Å². The lowest BCUT2D eigenvalue weighted by Crippen LogP contribution is -2.36. The number of hydrogen-bond acceptors (Lipinski definition) is 7. The average Bonchev–Trinajstić information content (AvgIpc) is 2.96. The van der Waals surface area contributed by atoms with Crippen molar-refractivity contribution < 1.29 is 17.9 Å². The van der Waals surface area contributed by atoms with Crippen molar-refractivity contribution in [1.29, 1.82) is 0 Å². The predicted molar refractivity (Wildman–Crippen MR) is 78.8 cm³/mol. The van der Waals surface area contributed by atoms with Crippen LogP contribution in [0.2, 0.25) is 0 Å². The van der Waals surface area contributed by atoms with E-state index in [1.807, 2.05) is 13.0 Å².